The van der Waals surface area contributed by atoms with Crippen LogP contribution in [0.4, 0.5) is 0 Å². The molecule has 13 heavy (non-hydrogen) atoms. The molecule has 2 aliphatic rings. The Morgan fingerprint density at radius 3 is 2.77 bits per heavy atom. The molecule has 3 nitrogen and oxygen atoms in total. The van der Waals surface area contributed by atoms with E-state index in [-0.39, 0.29) is 31.4 Å². The Morgan fingerprint density at radius 1 is 1.62 bits per heavy atom. The largest absolute Gasteiger partial charge is 0.393 e. The summed E-state index contributed by atoms with van der Waals surface area (Å²) in [5, 5.41) is 9.33. The predicted molar refractivity (Wildman–Crippen MR) is 54.5 cm³/mol. The lowest BCUT2D eigenvalue weighted by molar-refractivity contribution is -0.158. The van der Waals surface area contributed by atoms with E-state index in [0.29, 0.717) is 5.92 Å². The van der Waals surface area contributed by atoms with E-state index in [1.54, 1.807) is 11.8 Å². The number of aliphatic hydroxyl groups is 1. The second kappa shape index (κ2) is 3.35. The van der Waals surface area contributed by atoms with Crippen molar-refractivity contribution in [2.24, 2.45) is 11.8 Å². The lowest BCUT2D eigenvalue weighted by atomic mass is 9.79. The number of fused-ring (bicyclic) bond motifs is 1. The standard InChI is InChI=1S/C9H13NO2.H2S/c1-5-3-4-10-8(5)7(6(2)11)9(10)12;/h3-8,11H,1-2H3;1H2/t5?,6-,7?,8?;/m1./s1. The number of carbonyl (C=O) groups is 1. The molecule has 74 valence electrons. The minimum absolute atomic E-state index is 0. The molecule has 4 heteroatoms. The van der Waals surface area contributed by atoms with Gasteiger partial charge in [-0.15, -0.1) is 0 Å². The van der Waals surface area contributed by atoms with Crippen molar-refractivity contribution in [1.82, 2.24) is 4.90 Å². The fraction of sp³-hybridized carbons (Fsp3) is 0.667. The molecule has 0 aromatic rings. The normalized spacial score (nSPS) is 37.9. The molecule has 1 amide bonds. The summed E-state index contributed by atoms with van der Waals surface area (Å²) in [7, 11) is 0. The molecule has 0 aliphatic carbocycles. The SMILES string of the molecule is CC1C=CN2C(=O)C([C@@H](C)O)C12.S. The van der Waals surface area contributed by atoms with E-state index in [1.807, 2.05) is 12.3 Å². The minimum Gasteiger partial charge on any atom is -0.393 e. The van der Waals surface area contributed by atoms with Crippen LogP contribution in [0.5, 0.6) is 0 Å². The summed E-state index contributed by atoms with van der Waals surface area (Å²) in [4.78, 5) is 13.1. The fourth-order valence-electron chi connectivity index (χ4n) is 2.14. The molecule has 1 fully saturated rings. The first kappa shape index (κ1) is 10.6. The number of hydrogen-bond acceptors (Lipinski definition) is 2. The number of hydrogen-bond donors (Lipinski definition) is 1. The van der Waals surface area contributed by atoms with Crippen molar-refractivity contribution in [1.29, 1.82) is 0 Å². The number of carbonyl (C=O) groups excluding carboxylic acids is 1. The highest BCUT2D eigenvalue weighted by Gasteiger charge is 2.52. The van der Waals surface area contributed by atoms with Gasteiger partial charge in [0.25, 0.3) is 0 Å². The molecule has 1 N–H and O–H groups in total. The fourth-order valence-corrected chi connectivity index (χ4v) is 2.14. The van der Waals surface area contributed by atoms with Crippen molar-refractivity contribution in [3.63, 3.8) is 0 Å². The summed E-state index contributed by atoms with van der Waals surface area (Å²) < 4.78 is 0. The van der Waals surface area contributed by atoms with Crippen LogP contribution < -0.4 is 0 Å². The molecule has 0 radical (unpaired) electrons. The van der Waals surface area contributed by atoms with Gasteiger partial charge in [0.2, 0.25) is 5.91 Å². The molecule has 2 heterocycles. The van der Waals surface area contributed by atoms with Gasteiger partial charge >= 0.3 is 0 Å². The second-order valence-corrected chi connectivity index (χ2v) is 3.70. The average molecular weight is 201 g/mol. The molecule has 3 unspecified atom stereocenters. The van der Waals surface area contributed by atoms with Gasteiger partial charge in [0.1, 0.15) is 0 Å². The third-order valence-electron chi connectivity index (χ3n) is 2.84. The van der Waals surface area contributed by atoms with Gasteiger partial charge in [0.05, 0.1) is 18.1 Å². The van der Waals surface area contributed by atoms with Crippen LogP contribution in [0.1, 0.15) is 13.8 Å². The number of amides is 1. The summed E-state index contributed by atoms with van der Waals surface area (Å²) in [5.74, 6) is 0.285. The number of β-lactam (4-membered cyclic amide) rings is 1. The van der Waals surface area contributed by atoms with Crippen LogP contribution in [0.2, 0.25) is 0 Å². The number of nitrogens with zero attached hydrogens (tertiary/aromatic N) is 1. The first-order valence-corrected chi connectivity index (χ1v) is 4.31. The van der Waals surface area contributed by atoms with Crippen LogP contribution in [0.15, 0.2) is 12.3 Å². The predicted octanol–water partition coefficient (Wildman–Crippen LogP) is 0.470. The lowest BCUT2D eigenvalue weighted by Gasteiger charge is -2.45. The molecule has 2 rings (SSSR count). The van der Waals surface area contributed by atoms with E-state index in [0.717, 1.165) is 0 Å². The van der Waals surface area contributed by atoms with Crippen molar-refractivity contribution >= 4 is 19.4 Å². The molecular weight excluding hydrogens is 186 g/mol. The van der Waals surface area contributed by atoms with Crippen LogP contribution in [0.3, 0.4) is 0 Å². The lowest BCUT2D eigenvalue weighted by Crippen LogP contribution is -2.61. The zero-order valence-electron chi connectivity index (χ0n) is 7.77. The van der Waals surface area contributed by atoms with Gasteiger partial charge in [-0.1, -0.05) is 13.0 Å². The molecule has 4 atom stereocenters. The van der Waals surface area contributed by atoms with Crippen LogP contribution in [0, 0.1) is 11.8 Å². The maximum atomic E-state index is 11.3. The van der Waals surface area contributed by atoms with Crippen LogP contribution in [-0.2, 0) is 4.79 Å². The second-order valence-electron chi connectivity index (χ2n) is 3.70. The summed E-state index contributed by atoms with van der Waals surface area (Å²) in [6, 6.07) is 0.220. The smallest absolute Gasteiger partial charge is 0.234 e. The summed E-state index contributed by atoms with van der Waals surface area (Å²) >= 11 is 0. The molecule has 0 aromatic carbocycles. The Labute approximate surface area is 84.9 Å². The molecule has 2 aliphatic heterocycles. The third kappa shape index (κ3) is 1.28. The molecule has 0 bridgehead atoms. The van der Waals surface area contributed by atoms with E-state index in [9.17, 15) is 9.90 Å². The van der Waals surface area contributed by atoms with Crippen LogP contribution >= 0.6 is 13.5 Å². The molecule has 0 saturated carbocycles. The van der Waals surface area contributed by atoms with Crippen molar-refractivity contribution in [3.05, 3.63) is 12.3 Å². The first-order chi connectivity index (χ1) is 5.63. The Hall–Kier alpha value is -0.480. The summed E-state index contributed by atoms with van der Waals surface area (Å²) in [6.07, 6.45) is 3.34. The Morgan fingerprint density at radius 2 is 2.23 bits per heavy atom. The third-order valence-corrected chi connectivity index (χ3v) is 2.84. The van der Waals surface area contributed by atoms with E-state index in [2.05, 4.69) is 6.92 Å². The van der Waals surface area contributed by atoms with E-state index >= 15 is 0 Å². The Bertz CT molecular complexity index is 252. The van der Waals surface area contributed by atoms with E-state index in [1.165, 1.54) is 0 Å². The van der Waals surface area contributed by atoms with Gasteiger partial charge < -0.3 is 10.0 Å². The Balaban J connectivity index is 0.000000845. The minimum atomic E-state index is -0.513. The molecule has 0 aromatic heterocycles. The summed E-state index contributed by atoms with van der Waals surface area (Å²) in [6.45, 7) is 3.76. The van der Waals surface area contributed by atoms with Crippen LogP contribution in [0.25, 0.3) is 0 Å². The summed E-state index contributed by atoms with van der Waals surface area (Å²) in [5.41, 5.74) is 0. The first-order valence-electron chi connectivity index (χ1n) is 4.31. The maximum absolute atomic E-state index is 11.3. The number of rotatable bonds is 1. The van der Waals surface area contributed by atoms with Gasteiger partial charge in [-0.05, 0) is 12.8 Å². The zero-order chi connectivity index (χ0) is 8.88. The van der Waals surface area contributed by atoms with Crippen molar-refractivity contribution in [3.8, 4) is 0 Å². The number of aliphatic hydroxyl groups excluding tert-OH is 1. The zero-order valence-corrected chi connectivity index (χ0v) is 8.77. The molecule has 1 saturated heterocycles. The van der Waals surface area contributed by atoms with Gasteiger partial charge in [-0.3, -0.25) is 4.79 Å². The van der Waals surface area contributed by atoms with Gasteiger partial charge in [-0.25, -0.2) is 0 Å². The van der Waals surface area contributed by atoms with Gasteiger partial charge in [0.15, 0.2) is 0 Å². The molecule has 0 spiro atoms. The Kier molecular flexibility index (Phi) is 2.73. The highest BCUT2D eigenvalue weighted by molar-refractivity contribution is 7.59. The van der Waals surface area contributed by atoms with Crippen LogP contribution in [-0.4, -0.2) is 28.1 Å². The average Bonchev–Trinajstić information content (AvgIpc) is 2.27. The quantitative estimate of drug-likeness (QED) is 0.627. The van der Waals surface area contributed by atoms with Gasteiger partial charge in [0, 0.05) is 6.20 Å². The van der Waals surface area contributed by atoms with Crippen molar-refractivity contribution in [2.45, 2.75) is 26.0 Å². The highest BCUT2D eigenvalue weighted by atomic mass is 32.1. The van der Waals surface area contributed by atoms with Crippen molar-refractivity contribution in [2.75, 3.05) is 0 Å². The molecular formula is C9H15NO2S. The van der Waals surface area contributed by atoms with E-state index < -0.39 is 6.10 Å². The topological polar surface area (TPSA) is 40.5 Å². The van der Waals surface area contributed by atoms with E-state index in [4.69, 9.17) is 0 Å². The monoisotopic (exact) mass is 201 g/mol. The van der Waals surface area contributed by atoms with Gasteiger partial charge in [-0.2, -0.15) is 13.5 Å². The maximum Gasteiger partial charge on any atom is 0.234 e. The van der Waals surface area contributed by atoms with Crippen molar-refractivity contribution < 1.29 is 9.90 Å². The highest BCUT2D eigenvalue weighted by Crippen LogP contribution is 2.39.